The van der Waals surface area contributed by atoms with Crippen LogP contribution in [0.3, 0.4) is 0 Å². The van der Waals surface area contributed by atoms with E-state index in [9.17, 15) is 4.79 Å². The summed E-state index contributed by atoms with van der Waals surface area (Å²) >= 11 is 0. The summed E-state index contributed by atoms with van der Waals surface area (Å²) in [7, 11) is 1.75. The van der Waals surface area contributed by atoms with Gasteiger partial charge in [-0.15, -0.1) is 0 Å². The molecule has 0 N–H and O–H groups in total. The van der Waals surface area contributed by atoms with Crippen LogP contribution in [0, 0.1) is 0 Å². The lowest BCUT2D eigenvalue weighted by atomic mass is 10.3. The fraction of sp³-hybridized carbons (Fsp3) is 0.700. The topological polar surface area (TPSA) is 29.5 Å². The average molecular weight is 183 g/mol. The van der Waals surface area contributed by atoms with Gasteiger partial charge in [0.2, 0.25) is 0 Å². The van der Waals surface area contributed by atoms with Crippen LogP contribution in [0.2, 0.25) is 0 Å². The summed E-state index contributed by atoms with van der Waals surface area (Å²) < 4.78 is 5.24. The quantitative estimate of drug-likeness (QED) is 0.605. The molecule has 0 amide bonds. The molecule has 13 heavy (non-hydrogen) atoms. The molecule has 0 aromatic heterocycles. The third kappa shape index (κ3) is 3.70. The number of ether oxygens (including phenoxy) is 1. The van der Waals surface area contributed by atoms with Crippen LogP contribution in [0.1, 0.15) is 13.3 Å². The maximum atomic E-state index is 10.6. The van der Waals surface area contributed by atoms with E-state index in [1.54, 1.807) is 20.1 Å². The molecular weight excluding hydrogens is 166 g/mol. The molecule has 0 aromatic rings. The number of ketones is 1. The fourth-order valence-corrected chi connectivity index (χ4v) is 1.52. The Labute approximate surface area is 79.4 Å². The molecule has 0 radical (unpaired) electrons. The van der Waals surface area contributed by atoms with E-state index in [1.165, 1.54) is 0 Å². The summed E-state index contributed by atoms with van der Waals surface area (Å²) in [5.41, 5.74) is 0. The smallest absolute Gasteiger partial charge is 0.152 e. The van der Waals surface area contributed by atoms with Gasteiger partial charge in [-0.2, -0.15) is 0 Å². The van der Waals surface area contributed by atoms with Crippen LogP contribution >= 0.6 is 0 Å². The zero-order chi connectivity index (χ0) is 9.68. The molecule has 0 spiro atoms. The molecule has 1 rings (SSSR count). The van der Waals surface area contributed by atoms with E-state index in [0.29, 0.717) is 6.10 Å². The predicted molar refractivity (Wildman–Crippen MR) is 51.7 cm³/mol. The van der Waals surface area contributed by atoms with Crippen molar-refractivity contribution in [3.63, 3.8) is 0 Å². The summed E-state index contributed by atoms with van der Waals surface area (Å²) in [6.07, 6.45) is 5.02. The lowest BCUT2D eigenvalue weighted by Gasteiger charge is -2.12. The molecule has 0 aromatic carbocycles. The fourth-order valence-electron chi connectivity index (χ4n) is 1.52. The lowest BCUT2D eigenvalue weighted by Crippen LogP contribution is -2.22. The maximum Gasteiger partial charge on any atom is 0.152 e. The Morgan fingerprint density at radius 3 is 3.00 bits per heavy atom. The van der Waals surface area contributed by atoms with E-state index in [0.717, 1.165) is 26.1 Å². The molecule has 1 fully saturated rings. The first-order chi connectivity index (χ1) is 6.22. The molecule has 0 saturated carbocycles. The minimum absolute atomic E-state index is 0.113. The number of allylic oxidation sites excluding steroid dienone is 1. The van der Waals surface area contributed by atoms with Crippen LogP contribution in [0.5, 0.6) is 0 Å². The Morgan fingerprint density at radius 1 is 1.69 bits per heavy atom. The first kappa shape index (κ1) is 10.4. The Kier molecular flexibility index (Phi) is 4.12. The standard InChI is InChI=1S/C10H17NO2/c1-9(12)4-3-6-11-7-5-10(8-11)13-2/h3-4,10H,5-8H2,1-2H3/b4-3+/t10-/m1/s1. The highest BCUT2D eigenvalue weighted by Crippen LogP contribution is 2.10. The van der Waals surface area contributed by atoms with Crippen LogP contribution in [0.4, 0.5) is 0 Å². The van der Waals surface area contributed by atoms with E-state index in [-0.39, 0.29) is 5.78 Å². The van der Waals surface area contributed by atoms with Crippen LogP contribution in [-0.2, 0) is 9.53 Å². The number of likely N-dealkylation sites (tertiary alicyclic amines) is 1. The van der Waals surface area contributed by atoms with Crippen molar-refractivity contribution in [3.05, 3.63) is 12.2 Å². The number of methoxy groups -OCH3 is 1. The van der Waals surface area contributed by atoms with Crippen molar-refractivity contribution >= 4 is 5.78 Å². The van der Waals surface area contributed by atoms with E-state index < -0.39 is 0 Å². The number of nitrogens with zero attached hydrogens (tertiary/aromatic N) is 1. The van der Waals surface area contributed by atoms with E-state index in [4.69, 9.17) is 4.74 Å². The normalized spacial score (nSPS) is 24.3. The minimum Gasteiger partial charge on any atom is -0.380 e. The van der Waals surface area contributed by atoms with Gasteiger partial charge in [0, 0.05) is 26.7 Å². The summed E-state index contributed by atoms with van der Waals surface area (Å²) in [6, 6.07) is 0. The monoisotopic (exact) mass is 183 g/mol. The van der Waals surface area contributed by atoms with Gasteiger partial charge in [0.1, 0.15) is 0 Å². The second kappa shape index (κ2) is 5.14. The van der Waals surface area contributed by atoms with E-state index in [2.05, 4.69) is 4.90 Å². The highest BCUT2D eigenvalue weighted by Gasteiger charge is 2.20. The maximum absolute atomic E-state index is 10.6. The average Bonchev–Trinajstić information content (AvgIpc) is 2.52. The summed E-state index contributed by atoms with van der Waals surface area (Å²) in [5, 5.41) is 0. The Morgan fingerprint density at radius 2 is 2.46 bits per heavy atom. The zero-order valence-corrected chi connectivity index (χ0v) is 8.32. The van der Waals surface area contributed by atoms with Crippen molar-refractivity contribution < 1.29 is 9.53 Å². The third-order valence-corrected chi connectivity index (χ3v) is 2.28. The number of rotatable bonds is 4. The van der Waals surface area contributed by atoms with E-state index >= 15 is 0 Å². The second-order valence-electron chi connectivity index (χ2n) is 3.42. The van der Waals surface area contributed by atoms with Crippen molar-refractivity contribution in [3.8, 4) is 0 Å². The molecule has 3 heteroatoms. The number of hydrogen-bond donors (Lipinski definition) is 0. The van der Waals surface area contributed by atoms with Gasteiger partial charge < -0.3 is 4.74 Å². The zero-order valence-electron chi connectivity index (χ0n) is 8.32. The molecule has 1 aliphatic rings. The van der Waals surface area contributed by atoms with Crippen molar-refractivity contribution in [1.82, 2.24) is 4.90 Å². The van der Waals surface area contributed by atoms with Gasteiger partial charge >= 0.3 is 0 Å². The highest BCUT2D eigenvalue weighted by molar-refractivity contribution is 5.87. The van der Waals surface area contributed by atoms with Gasteiger partial charge in [-0.25, -0.2) is 0 Å². The molecule has 1 atom stereocenters. The van der Waals surface area contributed by atoms with Gasteiger partial charge in [0.25, 0.3) is 0 Å². The SMILES string of the molecule is CO[C@@H]1CCN(C/C=C/C(C)=O)C1. The first-order valence-electron chi connectivity index (χ1n) is 4.64. The van der Waals surface area contributed by atoms with Crippen LogP contribution in [-0.4, -0.2) is 43.5 Å². The molecular formula is C10H17NO2. The molecule has 0 unspecified atom stereocenters. The Hall–Kier alpha value is -0.670. The molecule has 1 aliphatic heterocycles. The minimum atomic E-state index is 0.113. The van der Waals surface area contributed by atoms with Gasteiger partial charge in [0.15, 0.2) is 5.78 Å². The largest absolute Gasteiger partial charge is 0.380 e. The predicted octanol–water partition coefficient (Wildman–Crippen LogP) is 0.852. The summed E-state index contributed by atoms with van der Waals surface area (Å²) in [5.74, 6) is 0.113. The van der Waals surface area contributed by atoms with Crippen LogP contribution in [0.15, 0.2) is 12.2 Å². The van der Waals surface area contributed by atoms with Crippen molar-refractivity contribution in [2.45, 2.75) is 19.4 Å². The van der Waals surface area contributed by atoms with Crippen molar-refractivity contribution in [2.24, 2.45) is 0 Å². The second-order valence-corrected chi connectivity index (χ2v) is 3.42. The first-order valence-corrected chi connectivity index (χ1v) is 4.64. The number of carbonyl (C=O) groups excluding carboxylic acids is 1. The van der Waals surface area contributed by atoms with Crippen molar-refractivity contribution in [1.29, 1.82) is 0 Å². The Balaban J connectivity index is 2.20. The molecule has 1 saturated heterocycles. The Bertz CT molecular complexity index is 201. The van der Waals surface area contributed by atoms with Crippen molar-refractivity contribution in [2.75, 3.05) is 26.7 Å². The highest BCUT2D eigenvalue weighted by atomic mass is 16.5. The van der Waals surface area contributed by atoms with Gasteiger partial charge in [-0.05, 0) is 19.4 Å². The van der Waals surface area contributed by atoms with Crippen LogP contribution < -0.4 is 0 Å². The van der Waals surface area contributed by atoms with Gasteiger partial charge in [-0.3, -0.25) is 9.69 Å². The van der Waals surface area contributed by atoms with E-state index in [1.807, 2.05) is 6.08 Å². The molecule has 3 nitrogen and oxygen atoms in total. The molecule has 1 heterocycles. The van der Waals surface area contributed by atoms with Gasteiger partial charge in [0.05, 0.1) is 6.10 Å². The molecule has 0 bridgehead atoms. The van der Waals surface area contributed by atoms with Crippen LogP contribution in [0.25, 0.3) is 0 Å². The number of hydrogen-bond acceptors (Lipinski definition) is 3. The molecule has 0 aliphatic carbocycles. The lowest BCUT2D eigenvalue weighted by molar-refractivity contribution is -0.112. The number of carbonyl (C=O) groups is 1. The third-order valence-electron chi connectivity index (χ3n) is 2.28. The molecule has 74 valence electrons. The summed E-state index contributed by atoms with van der Waals surface area (Å²) in [4.78, 5) is 12.9. The van der Waals surface area contributed by atoms with Gasteiger partial charge in [-0.1, -0.05) is 6.08 Å². The summed E-state index contributed by atoms with van der Waals surface area (Å²) in [6.45, 7) is 4.48.